The maximum atomic E-state index is 13.1. The Morgan fingerprint density at radius 2 is 1.80 bits per heavy atom. The van der Waals surface area contributed by atoms with E-state index in [1.54, 1.807) is 4.90 Å². The molecule has 3 aliphatic rings. The lowest BCUT2D eigenvalue weighted by Crippen LogP contribution is -2.49. The maximum absolute atomic E-state index is 13.1. The minimum atomic E-state index is -0.634. The second-order valence-corrected chi connectivity index (χ2v) is 8.01. The Hall–Kier alpha value is -3.22. The summed E-state index contributed by atoms with van der Waals surface area (Å²) in [6.07, 6.45) is 0.549. The van der Waals surface area contributed by atoms with E-state index in [1.165, 1.54) is 24.3 Å². The van der Waals surface area contributed by atoms with E-state index >= 15 is 0 Å². The second-order valence-electron chi connectivity index (χ2n) is 8.01. The van der Waals surface area contributed by atoms with Gasteiger partial charge in [-0.1, -0.05) is 23.4 Å². The number of ketones is 1. The summed E-state index contributed by atoms with van der Waals surface area (Å²) in [4.78, 5) is 33.2. The molecule has 1 saturated heterocycles. The van der Waals surface area contributed by atoms with Gasteiger partial charge >= 0.3 is 0 Å². The molecule has 2 atom stereocenters. The SMILES string of the molecule is O=C(c1ccc(F)cc1)C1CCN(C(=O)[C@@H]2ON=C3c4ccccc4NC[C@H]32)CC1. The number of anilines is 1. The summed E-state index contributed by atoms with van der Waals surface area (Å²) in [6, 6.07) is 13.5. The molecule has 0 unspecified atom stereocenters. The number of Topliss-reactive ketones (excluding diaryl/α,β-unsaturated/α-hetero) is 1. The van der Waals surface area contributed by atoms with E-state index in [0.29, 0.717) is 38.0 Å². The zero-order valence-electron chi connectivity index (χ0n) is 16.4. The molecule has 30 heavy (non-hydrogen) atoms. The molecule has 1 amide bonds. The molecule has 6 nitrogen and oxygen atoms in total. The van der Waals surface area contributed by atoms with E-state index in [1.807, 2.05) is 24.3 Å². The molecule has 0 saturated carbocycles. The number of halogens is 1. The number of likely N-dealkylation sites (tertiary alicyclic amines) is 1. The minimum Gasteiger partial charge on any atom is -0.384 e. The van der Waals surface area contributed by atoms with Gasteiger partial charge in [-0.3, -0.25) is 9.59 Å². The first-order valence-corrected chi connectivity index (χ1v) is 10.3. The number of nitrogens with zero attached hydrogens (tertiary/aromatic N) is 2. The van der Waals surface area contributed by atoms with Crippen LogP contribution in [0.1, 0.15) is 28.8 Å². The molecule has 154 valence electrons. The summed E-state index contributed by atoms with van der Waals surface area (Å²) in [5.41, 5.74) is 3.33. The van der Waals surface area contributed by atoms with Crippen LogP contribution < -0.4 is 5.32 Å². The number of hydrogen-bond acceptors (Lipinski definition) is 5. The number of oxime groups is 1. The quantitative estimate of drug-likeness (QED) is 0.794. The average molecular weight is 407 g/mol. The van der Waals surface area contributed by atoms with Crippen LogP contribution in [0.4, 0.5) is 10.1 Å². The van der Waals surface area contributed by atoms with Crippen molar-refractivity contribution in [3.8, 4) is 0 Å². The molecule has 1 N–H and O–H groups in total. The topological polar surface area (TPSA) is 71.0 Å². The molecule has 0 spiro atoms. The molecule has 1 fully saturated rings. The Balaban J connectivity index is 1.22. The van der Waals surface area contributed by atoms with Crippen molar-refractivity contribution in [3.05, 3.63) is 65.5 Å². The first-order chi connectivity index (χ1) is 14.6. The van der Waals surface area contributed by atoms with Crippen molar-refractivity contribution in [2.75, 3.05) is 25.0 Å². The molecule has 5 rings (SSSR count). The summed E-state index contributed by atoms with van der Waals surface area (Å²) >= 11 is 0. The molecule has 3 heterocycles. The summed E-state index contributed by atoms with van der Waals surface area (Å²) < 4.78 is 13.1. The number of hydrogen-bond donors (Lipinski definition) is 1. The van der Waals surface area contributed by atoms with Gasteiger partial charge in [-0.2, -0.15) is 0 Å². The fraction of sp³-hybridized carbons (Fsp3) is 0.348. The van der Waals surface area contributed by atoms with Gasteiger partial charge < -0.3 is 15.1 Å². The van der Waals surface area contributed by atoms with Crippen LogP contribution in [0.15, 0.2) is 53.7 Å². The monoisotopic (exact) mass is 407 g/mol. The van der Waals surface area contributed by atoms with Crippen molar-refractivity contribution >= 4 is 23.1 Å². The summed E-state index contributed by atoms with van der Waals surface area (Å²) in [7, 11) is 0. The first kappa shape index (κ1) is 18.8. The van der Waals surface area contributed by atoms with E-state index in [-0.39, 0.29) is 29.3 Å². The molecule has 0 radical (unpaired) electrons. The van der Waals surface area contributed by atoms with Gasteiger partial charge in [-0.25, -0.2) is 4.39 Å². The van der Waals surface area contributed by atoms with Crippen LogP contribution >= 0.6 is 0 Å². The Labute approximate surface area is 173 Å². The van der Waals surface area contributed by atoms with Crippen LogP contribution in [-0.4, -0.2) is 48.0 Å². The lowest BCUT2D eigenvalue weighted by molar-refractivity contribution is -0.145. The third-order valence-corrected chi connectivity index (χ3v) is 6.25. The van der Waals surface area contributed by atoms with Crippen LogP contribution in [0, 0.1) is 17.7 Å². The van der Waals surface area contributed by atoms with Gasteiger partial charge in [0.1, 0.15) is 5.82 Å². The minimum absolute atomic E-state index is 0.0120. The lowest BCUT2D eigenvalue weighted by Gasteiger charge is -2.34. The van der Waals surface area contributed by atoms with Gasteiger partial charge in [-0.05, 0) is 43.2 Å². The molecule has 7 heteroatoms. The maximum Gasteiger partial charge on any atom is 0.267 e. The fourth-order valence-corrected chi connectivity index (χ4v) is 4.54. The van der Waals surface area contributed by atoms with Crippen LogP contribution in [0.5, 0.6) is 0 Å². The number of nitrogens with one attached hydrogen (secondary N) is 1. The average Bonchev–Trinajstić information content (AvgIpc) is 3.23. The van der Waals surface area contributed by atoms with Gasteiger partial charge in [0.2, 0.25) is 6.10 Å². The van der Waals surface area contributed by atoms with E-state index in [4.69, 9.17) is 4.84 Å². The second kappa shape index (κ2) is 7.55. The van der Waals surface area contributed by atoms with Gasteiger partial charge in [0.05, 0.1) is 11.6 Å². The highest BCUT2D eigenvalue weighted by atomic mass is 19.1. The zero-order chi connectivity index (χ0) is 20.7. The Morgan fingerprint density at radius 3 is 2.57 bits per heavy atom. The van der Waals surface area contributed by atoms with E-state index in [2.05, 4.69) is 10.5 Å². The standard InChI is InChI=1S/C23H22FN3O3/c24-16-7-5-14(6-8-16)21(28)15-9-11-27(12-10-15)23(29)22-18-13-25-19-4-2-1-3-17(19)20(18)26-30-22/h1-8,15,18,22,25H,9-13H2/t18-,22-/m1/s1. The molecule has 2 aromatic carbocycles. The highest BCUT2D eigenvalue weighted by molar-refractivity contribution is 6.11. The third kappa shape index (κ3) is 3.24. The van der Waals surface area contributed by atoms with Crippen molar-refractivity contribution in [1.82, 2.24) is 4.90 Å². The van der Waals surface area contributed by atoms with Gasteiger partial charge in [0.15, 0.2) is 5.78 Å². The number of carbonyl (C=O) groups excluding carboxylic acids is 2. The van der Waals surface area contributed by atoms with E-state index < -0.39 is 6.10 Å². The zero-order valence-corrected chi connectivity index (χ0v) is 16.4. The predicted octanol–water partition coefficient (Wildman–Crippen LogP) is 3.09. The van der Waals surface area contributed by atoms with Crippen molar-refractivity contribution in [2.24, 2.45) is 17.0 Å². The number of carbonyl (C=O) groups is 2. The van der Waals surface area contributed by atoms with E-state index in [9.17, 15) is 14.0 Å². The first-order valence-electron chi connectivity index (χ1n) is 10.3. The number of fused-ring (bicyclic) bond motifs is 3. The summed E-state index contributed by atoms with van der Waals surface area (Å²) in [5, 5.41) is 7.59. The Bertz CT molecular complexity index is 1010. The van der Waals surface area contributed by atoms with Crippen molar-refractivity contribution in [3.63, 3.8) is 0 Å². The number of amides is 1. The molecule has 0 bridgehead atoms. The van der Waals surface area contributed by atoms with Gasteiger partial charge in [-0.15, -0.1) is 0 Å². The highest BCUT2D eigenvalue weighted by Gasteiger charge is 2.44. The van der Waals surface area contributed by atoms with Crippen molar-refractivity contribution in [1.29, 1.82) is 0 Å². The molecule has 2 aromatic rings. The number of piperidine rings is 1. The number of benzene rings is 2. The van der Waals surface area contributed by atoms with Gasteiger partial charge in [0, 0.05) is 42.4 Å². The summed E-state index contributed by atoms with van der Waals surface area (Å²) in [6.45, 7) is 1.61. The fourth-order valence-electron chi connectivity index (χ4n) is 4.54. The molecular formula is C23H22FN3O3. The number of para-hydroxylation sites is 1. The normalized spacial score (nSPS) is 23.0. The van der Waals surface area contributed by atoms with Crippen LogP contribution in [0.25, 0.3) is 0 Å². The highest BCUT2D eigenvalue weighted by Crippen LogP contribution is 2.33. The molecule has 0 aliphatic carbocycles. The number of rotatable bonds is 3. The predicted molar refractivity (Wildman–Crippen MR) is 110 cm³/mol. The third-order valence-electron chi connectivity index (χ3n) is 6.25. The van der Waals surface area contributed by atoms with E-state index in [0.717, 1.165) is 17.0 Å². The molecule has 0 aromatic heterocycles. The Morgan fingerprint density at radius 1 is 1.07 bits per heavy atom. The largest absolute Gasteiger partial charge is 0.384 e. The van der Waals surface area contributed by atoms with Crippen LogP contribution in [0.2, 0.25) is 0 Å². The van der Waals surface area contributed by atoms with Crippen molar-refractivity contribution < 1.29 is 18.8 Å². The molecular weight excluding hydrogens is 385 g/mol. The Kier molecular flexibility index (Phi) is 4.73. The molecule has 3 aliphatic heterocycles. The lowest BCUT2D eigenvalue weighted by atomic mass is 9.86. The smallest absolute Gasteiger partial charge is 0.267 e. The van der Waals surface area contributed by atoms with Gasteiger partial charge in [0.25, 0.3) is 5.91 Å². The van der Waals surface area contributed by atoms with Crippen LogP contribution in [-0.2, 0) is 9.63 Å². The van der Waals surface area contributed by atoms with Crippen LogP contribution in [0.3, 0.4) is 0 Å². The van der Waals surface area contributed by atoms with Crippen molar-refractivity contribution in [2.45, 2.75) is 18.9 Å². The summed E-state index contributed by atoms with van der Waals surface area (Å²) in [5.74, 6) is -0.694.